The summed E-state index contributed by atoms with van der Waals surface area (Å²) in [5, 5.41) is 2.87. The fourth-order valence-electron chi connectivity index (χ4n) is 5.46. The van der Waals surface area contributed by atoms with Crippen LogP contribution in [0.2, 0.25) is 0 Å². The fraction of sp³-hybridized carbons (Fsp3) is 0.407. The molecule has 1 aliphatic carbocycles. The summed E-state index contributed by atoms with van der Waals surface area (Å²) in [6.45, 7) is 4.18. The number of rotatable bonds is 7. The molecule has 0 radical (unpaired) electrons. The van der Waals surface area contributed by atoms with Crippen LogP contribution >= 0.6 is 11.3 Å². The van der Waals surface area contributed by atoms with Gasteiger partial charge in [-0.2, -0.15) is 0 Å². The van der Waals surface area contributed by atoms with Crippen LogP contribution in [0.1, 0.15) is 28.0 Å². The molecular weight excluding hydrogens is 524 g/mol. The first-order chi connectivity index (χ1) is 18.4. The molecule has 3 aliphatic rings. The lowest BCUT2D eigenvalue weighted by Crippen LogP contribution is -2.41. The number of anilines is 1. The Morgan fingerprint density at radius 1 is 1.18 bits per heavy atom. The molecule has 2 N–H and O–H groups in total. The SMILES string of the molecule is COc1cc(-c2ccc3c(c2NC(=O)NS(=O)(=O)c2cc4c(s2)CCN(CC2COC2)C4)CCC3)ccn1. The lowest BCUT2D eigenvalue weighted by atomic mass is 9.98. The van der Waals surface area contributed by atoms with Crippen LogP contribution in [-0.2, 0) is 40.6 Å². The molecule has 2 aromatic heterocycles. The summed E-state index contributed by atoms with van der Waals surface area (Å²) in [5.74, 6) is 1.02. The molecule has 0 spiro atoms. The highest BCUT2D eigenvalue weighted by Crippen LogP contribution is 2.38. The summed E-state index contributed by atoms with van der Waals surface area (Å²) in [6, 6.07) is 8.61. The zero-order chi connectivity index (χ0) is 26.3. The lowest BCUT2D eigenvalue weighted by Gasteiger charge is -2.34. The van der Waals surface area contributed by atoms with E-state index >= 15 is 0 Å². The lowest BCUT2D eigenvalue weighted by molar-refractivity contribution is -0.0479. The largest absolute Gasteiger partial charge is 0.481 e. The van der Waals surface area contributed by atoms with Crippen LogP contribution in [-0.4, -0.2) is 57.7 Å². The predicted octanol–water partition coefficient (Wildman–Crippen LogP) is 3.82. The summed E-state index contributed by atoms with van der Waals surface area (Å²) in [6.07, 6.45) is 5.18. The number of thiophene rings is 1. The van der Waals surface area contributed by atoms with Crippen LogP contribution in [0.4, 0.5) is 10.5 Å². The highest BCUT2D eigenvalue weighted by Gasteiger charge is 2.29. The summed E-state index contributed by atoms with van der Waals surface area (Å²) >= 11 is 1.25. The van der Waals surface area contributed by atoms with Gasteiger partial charge in [0, 0.05) is 48.3 Å². The molecule has 0 bridgehead atoms. The first-order valence-electron chi connectivity index (χ1n) is 12.8. The molecule has 0 unspecified atom stereocenters. The number of nitrogens with one attached hydrogen (secondary N) is 2. The van der Waals surface area contributed by atoms with Crippen LogP contribution in [0, 0.1) is 5.92 Å². The minimum atomic E-state index is -4.02. The Kier molecular flexibility index (Phi) is 6.85. The van der Waals surface area contributed by atoms with Crippen molar-refractivity contribution in [1.82, 2.24) is 14.6 Å². The number of fused-ring (bicyclic) bond motifs is 2. The molecule has 0 saturated carbocycles. The molecule has 200 valence electrons. The van der Waals surface area contributed by atoms with Gasteiger partial charge in [-0.25, -0.2) is 22.9 Å². The van der Waals surface area contributed by atoms with E-state index in [1.807, 2.05) is 12.1 Å². The van der Waals surface area contributed by atoms with Crippen LogP contribution in [0.3, 0.4) is 0 Å². The second-order valence-corrected chi connectivity index (χ2v) is 13.1. The molecule has 3 aromatic rings. The first-order valence-corrected chi connectivity index (χ1v) is 15.1. The number of aromatic nitrogens is 1. The number of pyridine rings is 1. The zero-order valence-corrected chi connectivity index (χ0v) is 22.8. The molecule has 1 aromatic carbocycles. The van der Waals surface area contributed by atoms with Gasteiger partial charge in [-0.15, -0.1) is 11.3 Å². The van der Waals surface area contributed by atoms with Crippen LogP contribution in [0.15, 0.2) is 40.7 Å². The highest BCUT2D eigenvalue weighted by molar-refractivity contribution is 7.92. The maximum Gasteiger partial charge on any atom is 0.333 e. The van der Waals surface area contributed by atoms with E-state index in [1.165, 1.54) is 11.3 Å². The third-order valence-electron chi connectivity index (χ3n) is 7.41. The molecule has 0 atom stereocenters. The first kappa shape index (κ1) is 25.3. The number of urea groups is 1. The van der Waals surface area contributed by atoms with Crippen molar-refractivity contribution in [3.63, 3.8) is 0 Å². The number of benzene rings is 1. The molecule has 6 rings (SSSR count). The minimum Gasteiger partial charge on any atom is -0.481 e. The van der Waals surface area contributed by atoms with E-state index in [0.717, 1.165) is 91.2 Å². The monoisotopic (exact) mass is 554 g/mol. The zero-order valence-electron chi connectivity index (χ0n) is 21.2. The second-order valence-electron chi connectivity index (χ2n) is 10.0. The van der Waals surface area contributed by atoms with Crippen LogP contribution < -0.4 is 14.8 Å². The maximum atomic E-state index is 13.2. The average Bonchev–Trinajstić information content (AvgIpc) is 3.53. The van der Waals surface area contributed by atoms with Gasteiger partial charge in [-0.05, 0) is 60.1 Å². The topological polar surface area (TPSA) is 110 Å². The van der Waals surface area contributed by atoms with Gasteiger partial charge in [0.1, 0.15) is 4.21 Å². The van der Waals surface area contributed by atoms with E-state index in [1.54, 1.807) is 25.4 Å². The second kappa shape index (κ2) is 10.3. The Hall–Kier alpha value is -2.99. The number of amides is 2. The van der Waals surface area contributed by atoms with Crippen molar-refractivity contribution in [2.45, 2.75) is 36.4 Å². The van der Waals surface area contributed by atoms with E-state index in [-0.39, 0.29) is 4.21 Å². The van der Waals surface area contributed by atoms with Gasteiger partial charge in [0.05, 0.1) is 26.0 Å². The van der Waals surface area contributed by atoms with Gasteiger partial charge in [0.15, 0.2) is 0 Å². The molecule has 4 heterocycles. The number of nitrogens with zero attached hydrogens (tertiary/aromatic N) is 2. The van der Waals surface area contributed by atoms with Gasteiger partial charge < -0.3 is 14.8 Å². The molecule has 2 amide bonds. The van der Waals surface area contributed by atoms with Crippen molar-refractivity contribution in [2.24, 2.45) is 5.92 Å². The van der Waals surface area contributed by atoms with E-state index < -0.39 is 16.1 Å². The molecule has 1 fully saturated rings. The van der Waals surface area contributed by atoms with Crippen molar-refractivity contribution in [1.29, 1.82) is 0 Å². The number of ether oxygens (including phenoxy) is 2. The smallest absolute Gasteiger partial charge is 0.333 e. The molecule has 38 heavy (non-hydrogen) atoms. The van der Waals surface area contributed by atoms with Crippen molar-refractivity contribution in [2.75, 3.05) is 38.7 Å². The normalized spacial score (nSPS) is 17.4. The predicted molar refractivity (Wildman–Crippen MR) is 145 cm³/mol. The van der Waals surface area contributed by atoms with Crippen molar-refractivity contribution in [3.05, 3.63) is 58.1 Å². The van der Waals surface area contributed by atoms with Crippen molar-refractivity contribution < 1.29 is 22.7 Å². The Bertz CT molecular complexity index is 1480. The third kappa shape index (κ3) is 5.03. The number of carbonyl (C=O) groups excluding carboxylic acids is 1. The van der Waals surface area contributed by atoms with Crippen LogP contribution in [0.25, 0.3) is 11.1 Å². The number of hydrogen-bond acceptors (Lipinski definition) is 8. The van der Waals surface area contributed by atoms with Crippen molar-refractivity contribution in [3.8, 4) is 17.0 Å². The quantitative estimate of drug-likeness (QED) is 0.457. The number of sulfonamides is 1. The summed E-state index contributed by atoms with van der Waals surface area (Å²) in [4.78, 5) is 20.7. The van der Waals surface area contributed by atoms with E-state index in [0.29, 0.717) is 17.5 Å². The Balaban J connectivity index is 1.21. The summed E-state index contributed by atoms with van der Waals surface area (Å²) in [5.41, 5.74) is 5.47. The highest BCUT2D eigenvalue weighted by atomic mass is 32.2. The van der Waals surface area contributed by atoms with Gasteiger partial charge in [-0.1, -0.05) is 12.1 Å². The third-order valence-corrected chi connectivity index (χ3v) is 10.5. The van der Waals surface area contributed by atoms with Crippen LogP contribution in [0.5, 0.6) is 5.88 Å². The number of hydrogen-bond donors (Lipinski definition) is 2. The molecule has 11 heteroatoms. The van der Waals surface area contributed by atoms with Gasteiger partial charge >= 0.3 is 6.03 Å². The Labute approximate surface area is 226 Å². The standard InChI is InChI=1S/C27H30N4O5S2/c1-35-24-11-19(7-9-28-24)22-6-5-18-3-2-4-21(18)26(22)29-27(32)30-38(33,34)25-12-20-14-31(10-8-23(20)37-25)13-17-15-36-16-17/h5-7,9,11-12,17H,2-4,8,10,13-16H2,1H3,(H2,29,30,32). The number of methoxy groups -OCH3 is 1. The molecule has 1 saturated heterocycles. The van der Waals surface area contributed by atoms with Crippen molar-refractivity contribution >= 4 is 33.1 Å². The molecule has 2 aliphatic heterocycles. The van der Waals surface area contributed by atoms with E-state index in [9.17, 15) is 13.2 Å². The maximum absolute atomic E-state index is 13.2. The Morgan fingerprint density at radius 2 is 2.05 bits per heavy atom. The van der Waals surface area contributed by atoms with Gasteiger partial charge in [0.2, 0.25) is 5.88 Å². The summed E-state index contributed by atoms with van der Waals surface area (Å²) < 4.78 is 39.4. The average molecular weight is 555 g/mol. The Morgan fingerprint density at radius 3 is 2.84 bits per heavy atom. The molecule has 9 nitrogen and oxygen atoms in total. The fourth-order valence-corrected chi connectivity index (χ4v) is 7.91. The van der Waals surface area contributed by atoms with E-state index in [4.69, 9.17) is 9.47 Å². The summed E-state index contributed by atoms with van der Waals surface area (Å²) in [7, 11) is -2.47. The number of aryl methyl sites for hydroxylation is 1. The van der Waals surface area contributed by atoms with Gasteiger partial charge in [-0.3, -0.25) is 4.90 Å². The minimum absolute atomic E-state index is 0.170. The van der Waals surface area contributed by atoms with Gasteiger partial charge in [0.25, 0.3) is 10.0 Å². The van der Waals surface area contributed by atoms with E-state index in [2.05, 4.69) is 26.0 Å². The molecular formula is C27H30N4O5S2. The number of carbonyl (C=O) groups is 1.